The number of nitrogens with one attached hydrogen (secondary N) is 1. The molecule has 39 heavy (non-hydrogen) atoms. The molecule has 11 heteroatoms. The Morgan fingerprint density at radius 2 is 1.77 bits per heavy atom. The molecule has 1 saturated carbocycles. The Kier molecular flexibility index (Phi) is 7.35. The summed E-state index contributed by atoms with van der Waals surface area (Å²) in [5, 5.41) is 14.4. The zero-order valence-corrected chi connectivity index (χ0v) is 21.3. The fourth-order valence-corrected chi connectivity index (χ4v) is 5.63. The molecule has 204 valence electrons. The van der Waals surface area contributed by atoms with Gasteiger partial charge >= 0.3 is 0 Å². The van der Waals surface area contributed by atoms with Crippen molar-refractivity contribution in [2.24, 2.45) is 5.92 Å². The van der Waals surface area contributed by atoms with Crippen LogP contribution in [0.1, 0.15) is 59.3 Å². The van der Waals surface area contributed by atoms with Crippen molar-refractivity contribution >= 4 is 29.1 Å². The van der Waals surface area contributed by atoms with Gasteiger partial charge in [-0.05, 0) is 55.9 Å². The second-order valence-corrected chi connectivity index (χ2v) is 10.3. The fraction of sp³-hybridized carbons (Fsp3) is 0.321. The van der Waals surface area contributed by atoms with Gasteiger partial charge < -0.3 is 15.3 Å². The second-order valence-electron chi connectivity index (χ2n) is 9.88. The average Bonchev–Trinajstić information content (AvgIpc) is 3.11. The van der Waals surface area contributed by atoms with E-state index in [1.54, 1.807) is 24.3 Å². The minimum atomic E-state index is -2.93. The number of anilines is 1. The first kappa shape index (κ1) is 27.1. The number of aliphatic hydroxyl groups is 1. The van der Waals surface area contributed by atoms with Gasteiger partial charge in [-0.2, -0.15) is 0 Å². The lowest BCUT2D eigenvalue weighted by atomic mass is 9.85. The number of para-hydroxylation sites is 1. The molecule has 2 N–H and O–H groups in total. The van der Waals surface area contributed by atoms with Gasteiger partial charge in [0.25, 0.3) is 18.2 Å². The van der Waals surface area contributed by atoms with E-state index in [0.29, 0.717) is 37.4 Å². The first-order valence-electron chi connectivity index (χ1n) is 12.4. The third-order valence-corrected chi connectivity index (χ3v) is 7.59. The van der Waals surface area contributed by atoms with E-state index < -0.39 is 41.2 Å². The molecule has 0 bridgehead atoms. The lowest BCUT2D eigenvalue weighted by Crippen LogP contribution is -2.44. The summed E-state index contributed by atoms with van der Waals surface area (Å²) in [6, 6.07) is 10.0. The molecule has 2 heterocycles. The van der Waals surface area contributed by atoms with Crippen molar-refractivity contribution in [2.45, 2.75) is 43.8 Å². The van der Waals surface area contributed by atoms with Gasteiger partial charge in [0, 0.05) is 36.0 Å². The number of halogens is 5. The van der Waals surface area contributed by atoms with Crippen LogP contribution in [0.3, 0.4) is 0 Å². The molecule has 3 aromatic rings. The Morgan fingerprint density at radius 3 is 2.44 bits per heavy atom. The molecule has 1 aromatic heterocycles. The molecular weight excluding hydrogens is 538 g/mol. The topological polar surface area (TPSA) is 82.5 Å². The molecular formula is C28H24ClF4N3O3. The molecule has 6 nitrogen and oxygen atoms in total. The van der Waals surface area contributed by atoms with Crippen LogP contribution in [0.15, 0.2) is 54.7 Å². The van der Waals surface area contributed by atoms with Crippen LogP contribution in [-0.2, 0) is 10.4 Å². The maximum absolute atomic E-state index is 14.0. The maximum atomic E-state index is 14.0. The van der Waals surface area contributed by atoms with Crippen molar-refractivity contribution in [3.63, 3.8) is 0 Å². The van der Waals surface area contributed by atoms with Crippen LogP contribution in [0.25, 0.3) is 0 Å². The fourth-order valence-electron chi connectivity index (χ4n) is 5.47. The van der Waals surface area contributed by atoms with Gasteiger partial charge in [0.05, 0.1) is 16.3 Å². The highest BCUT2D eigenvalue weighted by Crippen LogP contribution is 2.45. The summed E-state index contributed by atoms with van der Waals surface area (Å²) in [7, 11) is 0. The average molecular weight is 562 g/mol. The largest absolute Gasteiger partial charge is 0.372 e. The van der Waals surface area contributed by atoms with Gasteiger partial charge in [0.15, 0.2) is 5.60 Å². The molecule has 2 aromatic carbocycles. The highest BCUT2D eigenvalue weighted by atomic mass is 35.5. The van der Waals surface area contributed by atoms with Crippen molar-refractivity contribution in [2.75, 3.05) is 11.4 Å². The maximum Gasteiger partial charge on any atom is 0.281 e. The summed E-state index contributed by atoms with van der Waals surface area (Å²) in [6.07, 6.45) is 0.435. The normalized spacial score (nSPS) is 22.7. The highest BCUT2D eigenvalue weighted by Gasteiger charge is 2.51. The summed E-state index contributed by atoms with van der Waals surface area (Å²) < 4.78 is 54.6. The van der Waals surface area contributed by atoms with E-state index in [4.69, 9.17) is 11.6 Å². The standard InChI is InChI=1S/C28H24ClF4N3O3/c29-17-11-21(24(25(32)33)34-13-17)26(37)35-20-7-5-15(6-8-20)14-36-23-4-2-1-3-22(23)28(39,27(36)38)16-9-18(30)12-19(31)10-16/h1-4,9-13,15,20,25,39H,5-8,14H2,(H,35,37). The Balaban J connectivity index is 1.28. The van der Waals surface area contributed by atoms with E-state index in [1.165, 1.54) is 11.0 Å². The number of carbonyl (C=O) groups is 2. The zero-order chi connectivity index (χ0) is 27.9. The van der Waals surface area contributed by atoms with Crippen LogP contribution in [0, 0.1) is 17.6 Å². The molecule has 0 spiro atoms. The molecule has 1 atom stereocenters. The van der Waals surface area contributed by atoms with E-state index in [0.717, 1.165) is 18.3 Å². The number of rotatable bonds is 6. The summed E-state index contributed by atoms with van der Waals surface area (Å²) in [5.41, 5.74) is -2.64. The minimum absolute atomic E-state index is 0.00575. The molecule has 0 saturated heterocycles. The van der Waals surface area contributed by atoms with E-state index >= 15 is 0 Å². The van der Waals surface area contributed by atoms with E-state index in [9.17, 15) is 32.3 Å². The van der Waals surface area contributed by atoms with Gasteiger partial charge in [-0.15, -0.1) is 0 Å². The van der Waals surface area contributed by atoms with Crippen molar-refractivity contribution in [1.29, 1.82) is 0 Å². The summed E-state index contributed by atoms with van der Waals surface area (Å²) in [6.45, 7) is 0.254. The number of aromatic nitrogens is 1. The second kappa shape index (κ2) is 10.6. The van der Waals surface area contributed by atoms with Gasteiger partial charge in [-0.25, -0.2) is 17.6 Å². The van der Waals surface area contributed by atoms with Crippen molar-refractivity contribution in [3.8, 4) is 0 Å². The molecule has 2 aliphatic rings. The van der Waals surface area contributed by atoms with Gasteiger partial charge in [-0.1, -0.05) is 29.8 Å². The van der Waals surface area contributed by atoms with Gasteiger partial charge in [0.1, 0.15) is 17.3 Å². The Labute approximate surface area is 226 Å². The van der Waals surface area contributed by atoms with Crippen molar-refractivity contribution in [1.82, 2.24) is 10.3 Å². The molecule has 1 unspecified atom stereocenters. The highest BCUT2D eigenvalue weighted by molar-refractivity contribution is 6.30. The lowest BCUT2D eigenvalue weighted by Gasteiger charge is -2.32. The number of amides is 2. The zero-order valence-electron chi connectivity index (χ0n) is 20.5. The minimum Gasteiger partial charge on any atom is -0.372 e. The number of hydrogen-bond acceptors (Lipinski definition) is 4. The molecule has 1 aliphatic heterocycles. The first-order valence-corrected chi connectivity index (χ1v) is 12.8. The van der Waals surface area contributed by atoms with E-state index in [-0.39, 0.29) is 40.2 Å². The number of hydrogen-bond donors (Lipinski definition) is 2. The third kappa shape index (κ3) is 5.10. The molecule has 5 rings (SSSR count). The molecule has 2 amide bonds. The number of benzene rings is 2. The van der Waals surface area contributed by atoms with Crippen LogP contribution in [-0.4, -0.2) is 34.5 Å². The Hall–Kier alpha value is -3.50. The van der Waals surface area contributed by atoms with E-state index in [2.05, 4.69) is 10.3 Å². The van der Waals surface area contributed by atoms with Crippen LogP contribution in [0.4, 0.5) is 23.2 Å². The summed E-state index contributed by atoms with van der Waals surface area (Å²) >= 11 is 5.86. The van der Waals surface area contributed by atoms with E-state index in [1.807, 2.05) is 0 Å². The van der Waals surface area contributed by atoms with Crippen LogP contribution in [0.5, 0.6) is 0 Å². The molecule has 1 fully saturated rings. The summed E-state index contributed by atoms with van der Waals surface area (Å²) in [5.74, 6) is -3.18. The smallest absolute Gasteiger partial charge is 0.281 e. The van der Waals surface area contributed by atoms with Crippen molar-refractivity contribution in [3.05, 3.63) is 93.8 Å². The third-order valence-electron chi connectivity index (χ3n) is 7.38. The summed E-state index contributed by atoms with van der Waals surface area (Å²) in [4.78, 5) is 31.3. The lowest BCUT2D eigenvalue weighted by molar-refractivity contribution is -0.132. The number of fused-ring (bicyclic) bond motifs is 1. The SMILES string of the molecule is O=C(NC1CCC(CN2C(=O)C(O)(c3cc(F)cc(F)c3)c3ccccc32)CC1)c1cc(Cl)cnc1C(F)F. The first-order chi connectivity index (χ1) is 18.6. The Morgan fingerprint density at radius 1 is 1.10 bits per heavy atom. The Bertz CT molecular complexity index is 1410. The predicted octanol–water partition coefficient (Wildman–Crippen LogP) is 5.52. The van der Waals surface area contributed by atoms with Gasteiger partial charge in [-0.3, -0.25) is 14.6 Å². The number of nitrogens with zero attached hydrogens (tertiary/aromatic N) is 2. The number of pyridine rings is 1. The van der Waals surface area contributed by atoms with Gasteiger partial charge in [0.2, 0.25) is 0 Å². The van der Waals surface area contributed by atoms with Crippen LogP contribution < -0.4 is 10.2 Å². The monoisotopic (exact) mass is 561 g/mol. The van der Waals surface area contributed by atoms with Crippen LogP contribution >= 0.6 is 11.6 Å². The predicted molar refractivity (Wildman–Crippen MR) is 136 cm³/mol. The van der Waals surface area contributed by atoms with Crippen LogP contribution in [0.2, 0.25) is 5.02 Å². The molecule has 0 radical (unpaired) electrons. The number of alkyl halides is 2. The van der Waals surface area contributed by atoms with Crippen molar-refractivity contribution < 1.29 is 32.3 Å². The molecule has 1 aliphatic carbocycles. The number of carbonyl (C=O) groups excluding carboxylic acids is 2. The quantitative estimate of drug-likeness (QED) is 0.388.